The maximum Gasteiger partial charge on any atom is 0.222 e. The van der Waals surface area contributed by atoms with Crippen molar-refractivity contribution in [2.45, 2.75) is 71.9 Å². The maximum atomic E-state index is 13.1. The van der Waals surface area contributed by atoms with Crippen molar-refractivity contribution in [1.82, 2.24) is 24.2 Å². The molecule has 32 heavy (non-hydrogen) atoms. The van der Waals surface area contributed by atoms with Crippen LogP contribution in [-0.2, 0) is 24.3 Å². The molecule has 0 N–H and O–H groups in total. The number of piperidine rings is 1. The molecule has 1 atom stereocenters. The number of allylic oxidation sites excluding steroid dienone is 1. The molecular weight excluding hydrogens is 398 g/mol. The summed E-state index contributed by atoms with van der Waals surface area (Å²) in [6.45, 7) is 13.4. The highest BCUT2D eigenvalue weighted by atomic mass is 16.2. The standard InChI is InChI=1S/C26H35N5O/c1-5-15-30-24-12-8-7-11-23(24)27-26(30)21-10-9-17-29(18-21)25(32)14-13-22-19(3)28-31(16-6-2)20(22)4/h6-8,11-12,21H,2,5,9-10,13-18H2,1,3-4H3. The average molecular weight is 434 g/mol. The lowest BCUT2D eigenvalue weighted by Crippen LogP contribution is -2.40. The van der Waals surface area contributed by atoms with E-state index in [4.69, 9.17) is 4.98 Å². The van der Waals surface area contributed by atoms with E-state index in [2.05, 4.69) is 53.2 Å². The Morgan fingerprint density at radius 1 is 1.28 bits per heavy atom. The topological polar surface area (TPSA) is 56.0 Å². The van der Waals surface area contributed by atoms with Crippen molar-refractivity contribution in [3.05, 3.63) is 59.7 Å². The predicted octanol–water partition coefficient (Wildman–Crippen LogP) is 4.78. The van der Waals surface area contributed by atoms with E-state index in [0.717, 1.165) is 68.0 Å². The largest absolute Gasteiger partial charge is 0.342 e. The van der Waals surface area contributed by atoms with Crippen LogP contribution in [0.2, 0.25) is 0 Å². The van der Waals surface area contributed by atoms with Gasteiger partial charge in [0.15, 0.2) is 0 Å². The summed E-state index contributed by atoms with van der Waals surface area (Å²) >= 11 is 0. The first-order valence-corrected chi connectivity index (χ1v) is 11.9. The number of benzene rings is 1. The number of likely N-dealkylation sites (tertiary alicyclic amines) is 1. The molecule has 0 radical (unpaired) electrons. The Morgan fingerprint density at radius 3 is 2.88 bits per heavy atom. The molecule has 1 amide bonds. The van der Waals surface area contributed by atoms with E-state index in [0.29, 0.717) is 18.9 Å². The van der Waals surface area contributed by atoms with Gasteiger partial charge in [0, 0.05) is 37.7 Å². The Labute approximate surface area is 190 Å². The fourth-order valence-electron chi connectivity index (χ4n) is 5.06. The summed E-state index contributed by atoms with van der Waals surface area (Å²) in [7, 11) is 0. The second kappa shape index (κ2) is 9.72. The molecule has 1 fully saturated rings. The zero-order valence-corrected chi connectivity index (χ0v) is 19.7. The van der Waals surface area contributed by atoms with Gasteiger partial charge in [0.1, 0.15) is 5.82 Å². The number of carbonyl (C=O) groups is 1. The van der Waals surface area contributed by atoms with Crippen molar-refractivity contribution in [2.24, 2.45) is 0 Å². The van der Waals surface area contributed by atoms with Crippen LogP contribution in [0, 0.1) is 13.8 Å². The van der Waals surface area contributed by atoms with Gasteiger partial charge in [0.2, 0.25) is 5.91 Å². The second-order valence-corrected chi connectivity index (χ2v) is 8.91. The van der Waals surface area contributed by atoms with Crippen molar-refractivity contribution in [3.8, 4) is 0 Å². The highest BCUT2D eigenvalue weighted by Gasteiger charge is 2.28. The molecule has 6 nitrogen and oxygen atoms in total. The number of carbonyl (C=O) groups excluding carboxylic acids is 1. The summed E-state index contributed by atoms with van der Waals surface area (Å²) in [4.78, 5) is 20.2. The Hall–Kier alpha value is -2.89. The number of para-hydroxylation sites is 2. The van der Waals surface area contributed by atoms with Gasteiger partial charge in [-0.2, -0.15) is 5.10 Å². The minimum Gasteiger partial charge on any atom is -0.342 e. The zero-order valence-electron chi connectivity index (χ0n) is 19.7. The van der Waals surface area contributed by atoms with Crippen molar-refractivity contribution < 1.29 is 4.79 Å². The van der Waals surface area contributed by atoms with Crippen LogP contribution in [0.3, 0.4) is 0 Å². The summed E-state index contributed by atoms with van der Waals surface area (Å²) in [5.41, 5.74) is 5.61. The summed E-state index contributed by atoms with van der Waals surface area (Å²) < 4.78 is 4.34. The minimum absolute atomic E-state index is 0.239. The molecule has 2 aromatic heterocycles. The Morgan fingerprint density at radius 2 is 2.09 bits per heavy atom. The molecule has 6 heteroatoms. The molecule has 1 unspecified atom stereocenters. The van der Waals surface area contributed by atoms with Crippen LogP contribution in [0.1, 0.15) is 61.3 Å². The third-order valence-electron chi connectivity index (χ3n) is 6.69. The van der Waals surface area contributed by atoms with E-state index in [9.17, 15) is 4.79 Å². The molecule has 1 aliphatic rings. The second-order valence-electron chi connectivity index (χ2n) is 8.91. The molecule has 170 valence electrons. The van der Waals surface area contributed by atoms with Crippen molar-refractivity contribution in [1.29, 1.82) is 0 Å². The molecule has 0 saturated carbocycles. The molecule has 0 bridgehead atoms. The normalized spacial score (nSPS) is 16.6. The number of amides is 1. The van der Waals surface area contributed by atoms with Crippen molar-refractivity contribution >= 4 is 16.9 Å². The fraction of sp³-hybridized carbons (Fsp3) is 0.500. The minimum atomic E-state index is 0.239. The van der Waals surface area contributed by atoms with Gasteiger partial charge in [0.05, 0.1) is 23.3 Å². The quantitative estimate of drug-likeness (QED) is 0.480. The van der Waals surface area contributed by atoms with Crippen LogP contribution in [0.5, 0.6) is 0 Å². The molecule has 4 rings (SSSR count). The third-order valence-corrected chi connectivity index (χ3v) is 6.69. The van der Waals surface area contributed by atoms with Crippen molar-refractivity contribution in [2.75, 3.05) is 13.1 Å². The van der Waals surface area contributed by atoms with Gasteiger partial charge in [-0.1, -0.05) is 25.1 Å². The summed E-state index contributed by atoms with van der Waals surface area (Å²) in [6, 6.07) is 8.38. The number of aromatic nitrogens is 4. The van der Waals surface area contributed by atoms with E-state index in [1.165, 1.54) is 11.1 Å². The lowest BCUT2D eigenvalue weighted by molar-refractivity contribution is -0.132. The molecule has 1 aliphatic heterocycles. The lowest BCUT2D eigenvalue weighted by Gasteiger charge is -2.33. The van der Waals surface area contributed by atoms with E-state index in [1.807, 2.05) is 23.7 Å². The van der Waals surface area contributed by atoms with E-state index < -0.39 is 0 Å². The van der Waals surface area contributed by atoms with Crippen LogP contribution in [0.15, 0.2) is 36.9 Å². The number of aryl methyl sites for hydroxylation is 2. The number of imidazole rings is 1. The zero-order chi connectivity index (χ0) is 22.7. The number of hydrogen-bond acceptors (Lipinski definition) is 3. The number of nitrogens with zero attached hydrogens (tertiary/aromatic N) is 5. The molecule has 3 aromatic rings. The van der Waals surface area contributed by atoms with Crippen LogP contribution in [0.25, 0.3) is 11.0 Å². The first-order valence-electron chi connectivity index (χ1n) is 11.9. The highest BCUT2D eigenvalue weighted by Crippen LogP contribution is 2.30. The van der Waals surface area contributed by atoms with Gasteiger partial charge in [0.25, 0.3) is 0 Å². The van der Waals surface area contributed by atoms with Gasteiger partial charge in [-0.3, -0.25) is 9.48 Å². The van der Waals surface area contributed by atoms with E-state index in [-0.39, 0.29) is 5.91 Å². The van der Waals surface area contributed by atoms with Crippen LogP contribution in [0.4, 0.5) is 0 Å². The van der Waals surface area contributed by atoms with Crippen molar-refractivity contribution in [3.63, 3.8) is 0 Å². The van der Waals surface area contributed by atoms with Crippen LogP contribution < -0.4 is 0 Å². The number of fused-ring (bicyclic) bond motifs is 1. The van der Waals surface area contributed by atoms with Gasteiger partial charge in [-0.25, -0.2) is 4.98 Å². The summed E-state index contributed by atoms with van der Waals surface area (Å²) in [6.07, 6.45) is 6.31. The van der Waals surface area contributed by atoms with Gasteiger partial charge in [-0.05, 0) is 57.2 Å². The maximum absolute atomic E-state index is 13.1. The Balaban J connectivity index is 1.47. The molecule has 0 aliphatic carbocycles. The Bertz CT molecular complexity index is 1110. The first-order chi connectivity index (χ1) is 15.5. The van der Waals surface area contributed by atoms with E-state index in [1.54, 1.807) is 0 Å². The smallest absolute Gasteiger partial charge is 0.222 e. The third kappa shape index (κ3) is 4.36. The van der Waals surface area contributed by atoms with Gasteiger partial charge >= 0.3 is 0 Å². The molecule has 1 aromatic carbocycles. The lowest BCUT2D eigenvalue weighted by atomic mass is 9.96. The first kappa shape index (κ1) is 22.3. The molecule has 1 saturated heterocycles. The van der Waals surface area contributed by atoms with Gasteiger partial charge < -0.3 is 9.47 Å². The van der Waals surface area contributed by atoms with Gasteiger partial charge in [-0.15, -0.1) is 6.58 Å². The fourth-order valence-corrected chi connectivity index (χ4v) is 5.06. The molecular formula is C26H35N5O. The molecule has 0 spiro atoms. The average Bonchev–Trinajstić information content (AvgIpc) is 3.30. The van der Waals surface area contributed by atoms with Crippen LogP contribution >= 0.6 is 0 Å². The monoisotopic (exact) mass is 433 g/mol. The summed E-state index contributed by atoms with van der Waals surface area (Å²) in [5.74, 6) is 1.68. The predicted molar refractivity (Wildman–Crippen MR) is 129 cm³/mol. The number of hydrogen-bond donors (Lipinski definition) is 0. The SMILES string of the molecule is C=CCn1nc(C)c(CCC(=O)N2CCCC(c3nc4ccccc4n3CCC)C2)c1C. The molecule has 3 heterocycles. The Kier molecular flexibility index (Phi) is 6.77. The van der Waals surface area contributed by atoms with E-state index >= 15 is 0 Å². The highest BCUT2D eigenvalue weighted by molar-refractivity contribution is 5.77. The van der Waals surface area contributed by atoms with Crippen LogP contribution in [-0.4, -0.2) is 43.2 Å². The number of rotatable bonds is 8. The summed E-state index contributed by atoms with van der Waals surface area (Å²) in [5, 5.41) is 4.60.